The Balaban J connectivity index is 1.65. The number of thioether (sulfide) groups is 1. The van der Waals surface area contributed by atoms with E-state index in [4.69, 9.17) is 0 Å². The molecule has 0 saturated heterocycles. The van der Waals surface area contributed by atoms with Gasteiger partial charge in [0, 0.05) is 10.6 Å². The van der Waals surface area contributed by atoms with E-state index in [1.807, 2.05) is 11.8 Å². The van der Waals surface area contributed by atoms with Crippen molar-refractivity contribution in [1.82, 2.24) is 0 Å². The van der Waals surface area contributed by atoms with Gasteiger partial charge in [0.15, 0.2) is 0 Å². The highest BCUT2D eigenvalue weighted by molar-refractivity contribution is 7.99. The molecule has 0 spiro atoms. The molecule has 1 aromatic carbocycles. The minimum absolute atomic E-state index is 0.548. The molecule has 0 bridgehead atoms. The quantitative estimate of drug-likeness (QED) is 0.622. The summed E-state index contributed by atoms with van der Waals surface area (Å²) in [6, 6.07) is 7.09. The van der Waals surface area contributed by atoms with E-state index in [2.05, 4.69) is 30.8 Å². The van der Waals surface area contributed by atoms with Gasteiger partial charge in [-0.05, 0) is 66.5 Å². The van der Waals surface area contributed by atoms with Crippen LogP contribution >= 0.6 is 24.4 Å². The number of rotatable bonds is 4. The fourth-order valence-corrected chi connectivity index (χ4v) is 4.73. The predicted octanol–water partition coefficient (Wildman–Crippen LogP) is 4.37. The van der Waals surface area contributed by atoms with Crippen molar-refractivity contribution in [2.45, 2.75) is 43.4 Å². The number of aryl methyl sites for hydroxylation is 2. The van der Waals surface area contributed by atoms with Crippen LogP contribution in [0.2, 0.25) is 0 Å². The zero-order valence-corrected chi connectivity index (χ0v) is 12.0. The second-order valence-corrected chi connectivity index (χ2v) is 6.95. The number of fused-ring (bicyclic) bond motifs is 1. The Hall–Kier alpha value is -0.0800. The van der Waals surface area contributed by atoms with Crippen molar-refractivity contribution in [3.8, 4) is 0 Å². The molecular formula is C15H20S2. The van der Waals surface area contributed by atoms with Crippen LogP contribution in [0.4, 0.5) is 0 Å². The molecule has 2 aliphatic carbocycles. The lowest BCUT2D eigenvalue weighted by molar-refractivity contribution is 0.205. The lowest BCUT2D eigenvalue weighted by atomic mass is 9.72. The third kappa shape index (κ3) is 2.39. The first-order chi connectivity index (χ1) is 8.31. The Morgan fingerprint density at radius 3 is 2.65 bits per heavy atom. The van der Waals surface area contributed by atoms with Crippen LogP contribution in [0.3, 0.4) is 0 Å². The van der Waals surface area contributed by atoms with Gasteiger partial charge < -0.3 is 0 Å². The van der Waals surface area contributed by atoms with Gasteiger partial charge in [-0.2, -0.15) is 12.6 Å². The van der Waals surface area contributed by atoms with E-state index < -0.39 is 0 Å². The van der Waals surface area contributed by atoms with E-state index >= 15 is 0 Å². The molecule has 0 N–H and O–H groups in total. The molecule has 1 aromatic rings. The third-order valence-corrected chi connectivity index (χ3v) is 6.38. The lowest BCUT2D eigenvalue weighted by Gasteiger charge is -2.40. The van der Waals surface area contributed by atoms with Crippen LogP contribution < -0.4 is 0 Å². The molecule has 0 radical (unpaired) electrons. The summed E-state index contributed by atoms with van der Waals surface area (Å²) in [7, 11) is 0. The fourth-order valence-electron chi connectivity index (χ4n) is 2.90. The Kier molecular flexibility index (Phi) is 3.45. The fraction of sp³-hybridized carbons (Fsp3) is 0.600. The number of hydrogen-bond acceptors (Lipinski definition) is 2. The molecule has 17 heavy (non-hydrogen) atoms. The highest BCUT2D eigenvalue weighted by atomic mass is 32.2. The Labute approximate surface area is 114 Å². The summed E-state index contributed by atoms with van der Waals surface area (Å²) in [6.45, 7) is 0. The largest absolute Gasteiger partial charge is 0.179 e. The van der Waals surface area contributed by atoms with Gasteiger partial charge in [0.25, 0.3) is 0 Å². The van der Waals surface area contributed by atoms with Crippen molar-refractivity contribution < 1.29 is 0 Å². The predicted molar refractivity (Wildman–Crippen MR) is 79.3 cm³/mol. The molecule has 0 unspecified atom stereocenters. The van der Waals surface area contributed by atoms with Gasteiger partial charge >= 0.3 is 0 Å². The van der Waals surface area contributed by atoms with E-state index in [-0.39, 0.29) is 0 Å². The Morgan fingerprint density at radius 1 is 1.12 bits per heavy atom. The van der Waals surface area contributed by atoms with Crippen LogP contribution in [-0.4, -0.2) is 11.5 Å². The van der Waals surface area contributed by atoms with E-state index in [0.717, 1.165) is 5.75 Å². The Morgan fingerprint density at radius 2 is 1.94 bits per heavy atom. The topological polar surface area (TPSA) is 0 Å². The summed E-state index contributed by atoms with van der Waals surface area (Å²) >= 11 is 6.58. The normalized spacial score (nSPS) is 21.0. The summed E-state index contributed by atoms with van der Waals surface area (Å²) in [5.41, 5.74) is 3.73. The molecule has 0 nitrogen and oxygen atoms in total. The summed E-state index contributed by atoms with van der Waals surface area (Å²) < 4.78 is 0. The van der Waals surface area contributed by atoms with Crippen LogP contribution in [0.25, 0.3) is 0 Å². The van der Waals surface area contributed by atoms with Crippen LogP contribution in [0.1, 0.15) is 36.8 Å². The van der Waals surface area contributed by atoms with E-state index in [0.29, 0.717) is 5.41 Å². The number of thiol groups is 1. The highest BCUT2D eigenvalue weighted by Crippen LogP contribution is 2.45. The van der Waals surface area contributed by atoms with Crippen LogP contribution in [0, 0.1) is 5.41 Å². The van der Waals surface area contributed by atoms with Crippen molar-refractivity contribution in [2.24, 2.45) is 5.41 Å². The number of benzene rings is 1. The standard InChI is InChI=1S/C15H20S2/c16-10-15(7-2-8-15)11-17-14-6-5-12-3-1-4-13(12)9-14/h5-6,9,16H,1-4,7-8,10-11H2. The maximum absolute atomic E-state index is 4.53. The van der Waals surface area contributed by atoms with Crippen molar-refractivity contribution in [1.29, 1.82) is 0 Å². The first kappa shape index (κ1) is 12.0. The van der Waals surface area contributed by atoms with E-state index in [1.54, 1.807) is 11.1 Å². The molecule has 92 valence electrons. The first-order valence-electron chi connectivity index (χ1n) is 6.67. The van der Waals surface area contributed by atoms with Gasteiger partial charge in [0.1, 0.15) is 0 Å². The first-order valence-corrected chi connectivity index (χ1v) is 8.29. The zero-order chi connectivity index (χ0) is 11.7. The second kappa shape index (κ2) is 4.89. The monoisotopic (exact) mass is 264 g/mol. The number of hydrogen-bond donors (Lipinski definition) is 1. The smallest absolute Gasteiger partial charge is 0.00750 e. The molecule has 0 aromatic heterocycles. The average molecular weight is 264 g/mol. The van der Waals surface area contributed by atoms with Crippen LogP contribution in [0.5, 0.6) is 0 Å². The maximum atomic E-state index is 4.53. The minimum Gasteiger partial charge on any atom is -0.179 e. The van der Waals surface area contributed by atoms with Gasteiger partial charge in [-0.3, -0.25) is 0 Å². The summed E-state index contributed by atoms with van der Waals surface area (Å²) in [5.74, 6) is 2.32. The van der Waals surface area contributed by atoms with Crippen molar-refractivity contribution in [3.05, 3.63) is 29.3 Å². The second-order valence-electron chi connectivity index (χ2n) is 5.58. The van der Waals surface area contributed by atoms with Crippen LogP contribution in [0.15, 0.2) is 23.1 Å². The molecule has 0 heterocycles. The van der Waals surface area contributed by atoms with Gasteiger partial charge in [-0.25, -0.2) is 0 Å². The molecule has 1 saturated carbocycles. The molecule has 1 fully saturated rings. The van der Waals surface area contributed by atoms with Gasteiger partial charge in [-0.1, -0.05) is 12.5 Å². The molecule has 3 rings (SSSR count). The lowest BCUT2D eigenvalue weighted by Crippen LogP contribution is -2.33. The van der Waals surface area contributed by atoms with Crippen molar-refractivity contribution in [2.75, 3.05) is 11.5 Å². The molecule has 2 heteroatoms. The SMILES string of the molecule is SCC1(CSc2ccc3c(c2)CCC3)CCC1. The average Bonchev–Trinajstić information content (AvgIpc) is 2.75. The molecule has 2 aliphatic rings. The molecular weight excluding hydrogens is 244 g/mol. The highest BCUT2D eigenvalue weighted by Gasteiger charge is 2.35. The van der Waals surface area contributed by atoms with E-state index in [9.17, 15) is 0 Å². The third-order valence-electron chi connectivity index (χ3n) is 4.36. The maximum Gasteiger partial charge on any atom is 0.00750 e. The van der Waals surface area contributed by atoms with Crippen molar-refractivity contribution >= 4 is 24.4 Å². The van der Waals surface area contributed by atoms with Gasteiger partial charge in [0.05, 0.1) is 0 Å². The molecule has 0 aliphatic heterocycles. The summed E-state index contributed by atoms with van der Waals surface area (Å²) in [5, 5.41) is 0. The van der Waals surface area contributed by atoms with Crippen molar-refractivity contribution in [3.63, 3.8) is 0 Å². The van der Waals surface area contributed by atoms with Crippen LogP contribution in [-0.2, 0) is 12.8 Å². The summed E-state index contributed by atoms with van der Waals surface area (Å²) in [4.78, 5) is 1.47. The Bertz CT molecular complexity index is 402. The molecule has 0 atom stereocenters. The van der Waals surface area contributed by atoms with Gasteiger partial charge in [0.2, 0.25) is 0 Å². The minimum atomic E-state index is 0.548. The molecule has 0 amide bonds. The summed E-state index contributed by atoms with van der Waals surface area (Å²) in [6.07, 6.45) is 8.11. The van der Waals surface area contributed by atoms with Gasteiger partial charge in [-0.15, -0.1) is 11.8 Å². The van der Waals surface area contributed by atoms with E-state index in [1.165, 1.54) is 49.2 Å². The zero-order valence-electron chi connectivity index (χ0n) is 10.2.